The Bertz CT molecular complexity index is 630. The maximum atomic E-state index is 11.8. The van der Waals surface area contributed by atoms with E-state index in [0.29, 0.717) is 18.1 Å². The van der Waals surface area contributed by atoms with Crippen LogP contribution in [0.3, 0.4) is 0 Å². The Hall–Kier alpha value is -2.27. The van der Waals surface area contributed by atoms with Crippen LogP contribution in [0, 0.1) is 13.8 Å². The number of aryl methyl sites for hydroxylation is 2. The van der Waals surface area contributed by atoms with Crippen molar-refractivity contribution >= 4 is 29.8 Å². The molecule has 3 N–H and O–H groups in total. The number of aromatic nitrogens is 1. The summed E-state index contributed by atoms with van der Waals surface area (Å²) >= 11 is 0. The molecular weight excluding hydrogens is 302 g/mol. The maximum absolute atomic E-state index is 11.8. The van der Waals surface area contributed by atoms with Crippen molar-refractivity contribution in [2.45, 2.75) is 20.3 Å². The molecule has 0 aliphatic heterocycles. The fourth-order valence-corrected chi connectivity index (χ4v) is 1.82. The van der Waals surface area contributed by atoms with Gasteiger partial charge < -0.3 is 15.8 Å². The second-order valence-electron chi connectivity index (χ2n) is 4.89. The first kappa shape index (κ1) is 17.8. The quantitative estimate of drug-likeness (QED) is 0.887. The highest BCUT2D eigenvalue weighted by Gasteiger charge is 2.05. The minimum absolute atomic E-state index is 0. The first-order valence-corrected chi connectivity index (χ1v) is 6.76. The fourth-order valence-electron chi connectivity index (χ4n) is 1.82. The highest BCUT2D eigenvalue weighted by Crippen LogP contribution is 2.19. The van der Waals surface area contributed by atoms with Crippen molar-refractivity contribution < 1.29 is 9.53 Å². The third-order valence-corrected chi connectivity index (χ3v) is 3.00. The van der Waals surface area contributed by atoms with E-state index >= 15 is 0 Å². The van der Waals surface area contributed by atoms with Crippen LogP contribution in [0.5, 0.6) is 5.75 Å². The van der Waals surface area contributed by atoms with Gasteiger partial charge in [-0.3, -0.25) is 4.79 Å². The molecule has 1 amide bonds. The molecule has 2 aromatic rings. The number of carbonyl (C=O) groups is 1. The van der Waals surface area contributed by atoms with E-state index in [1.807, 2.05) is 32.0 Å². The molecule has 22 heavy (non-hydrogen) atoms. The summed E-state index contributed by atoms with van der Waals surface area (Å²) < 4.78 is 5.65. The third kappa shape index (κ3) is 5.26. The van der Waals surface area contributed by atoms with Gasteiger partial charge in [0.2, 0.25) is 5.91 Å². The monoisotopic (exact) mass is 321 g/mol. The maximum Gasteiger partial charge on any atom is 0.227 e. The van der Waals surface area contributed by atoms with Crippen LogP contribution in [0.2, 0.25) is 0 Å². The van der Waals surface area contributed by atoms with Crippen LogP contribution in [0.1, 0.15) is 17.5 Å². The molecule has 1 heterocycles. The average Bonchev–Trinajstić information content (AvgIpc) is 2.45. The van der Waals surface area contributed by atoms with Crippen molar-refractivity contribution in [1.82, 2.24) is 4.98 Å². The molecule has 0 bridgehead atoms. The van der Waals surface area contributed by atoms with E-state index in [0.717, 1.165) is 16.9 Å². The van der Waals surface area contributed by atoms with Gasteiger partial charge in [-0.15, -0.1) is 12.4 Å². The van der Waals surface area contributed by atoms with Gasteiger partial charge >= 0.3 is 0 Å². The summed E-state index contributed by atoms with van der Waals surface area (Å²) in [5.74, 6) is 1.12. The fraction of sp³-hybridized carbons (Fsp3) is 0.250. The summed E-state index contributed by atoms with van der Waals surface area (Å²) in [5.41, 5.74) is 8.30. The first-order chi connectivity index (χ1) is 10.0. The number of carbonyl (C=O) groups excluding carboxylic acids is 1. The average molecular weight is 322 g/mol. The summed E-state index contributed by atoms with van der Waals surface area (Å²) in [6, 6.07) is 9.36. The molecule has 0 atom stereocenters. The molecule has 6 heteroatoms. The Kier molecular flexibility index (Phi) is 6.66. The summed E-state index contributed by atoms with van der Waals surface area (Å²) in [6.07, 6.45) is 1.80. The van der Waals surface area contributed by atoms with Gasteiger partial charge in [0.15, 0.2) is 0 Å². The molecule has 5 nitrogen and oxygen atoms in total. The lowest BCUT2D eigenvalue weighted by molar-refractivity contribution is -0.116. The number of hydrogen-bond acceptors (Lipinski definition) is 4. The number of anilines is 2. The van der Waals surface area contributed by atoms with E-state index in [2.05, 4.69) is 10.3 Å². The lowest BCUT2D eigenvalue weighted by Gasteiger charge is -2.10. The normalized spacial score (nSPS) is 9.73. The standard InChI is InChI=1S/C16H19N3O2.ClH/c1-11-3-4-12(2)14(9-11)21-8-7-16(20)19-13-5-6-15(17)18-10-13;/h3-6,9-10H,7-8H2,1-2H3,(H2,17,18)(H,19,20);1H. The SMILES string of the molecule is Cc1ccc(C)c(OCCC(=O)Nc2ccc(N)nc2)c1.Cl. The van der Waals surface area contributed by atoms with E-state index in [4.69, 9.17) is 10.5 Å². The Morgan fingerprint density at radius 1 is 1.27 bits per heavy atom. The number of nitrogens with zero attached hydrogens (tertiary/aromatic N) is 1. The molecule has 118 valence electrons. The van der Waals surface area contributed by atoms with Crippen molar-refractivity contribution in [2.75, 3.05) is 17.7 Å². The van der Waals surface area contributed by atoms with Crippen molar-refractivity contribution in [1.29, 1.82) is 0 Å². The number of halogens is 1. The third-order valence-electron chi connectivity index (χ3n) is 3.00. The van der Waals surface area contributed by atoms with Gasteiger partial charge in [0.05, 0.1) is 24.9 Å². The number of nitrogens with one attached hydrogen (secondary N) is 1. The van der Waals surface area contributed by atoms with Gasteiger partial charge in [0, 0.05) is 0 Å². The summed E-state index contributed by atoms with van der Waals surface area (Å²) in [6.45, 7) is 4.32. The van der Waals surface area contributed by atoms with Crippen LogP contribution in [0.4, 0.5) is 11.5 Å². The van der Waals surface area contributed by atoms with Crippen LogP contribution in [0.15, 0.2) is 36.5 Å². The Morgan fingerprint density at radius 3 is 2.73 bits per heavy atom. The Labute approximate surface area is 136 Å². The largest absolute Gasteiger partial charge is 0.493 e. The molecule has 2 rings (SSSR count). The second-order valence-corrected chi connectivity index (χ2v) is 4.89. The molecule has 1 aromatic carbocycles. The minimum Gasteiger partial charge on any atom is -0.493 e. The van der Waals surface area contributed by atoms with Crippen molar-refractivity contribution in [3.63, 3.8) is 0 Å². The van der Waals surface area contributed by atoms with Crippen molar-refractivity contribution in [2.24, 2.45) is 0 Å². The van der Waals surface area contributed by atoms with Crippen LogP contribution in [-0.2, 0) is 4.79 Å². The van der Waals surface area contributed by atoms with E-state index in [-0.39, 0.29) is 24.7 Å². The number of rotatable bonds is 5. The Morgan fingerprint density at radius 2 is 2.05 bits per heavy atom. The van der Waals surface area contributed by atoms with Gasteiger partial charge in [-0.05, 0) is 43.2 Å². The smallest absolute Gasteiger partial charge is 0.227 e. The Balaban J connectivity index is 0.00000242. The summed E-state index contributed by atoms with van der Waals surface area (Å²) in [5, 5.41) is 2.74. The number of amides is 1. The summed E-state index contributed by atoms with van der Waals surface area (Å²) in [4.78, 5) is 15.7. The number of nitrogen functional groups attached to an aromatic ring is 1. The predicted molar refractivity (Wildman–Crippen MR) is 90.6 cm³/mol. The van der Waals surface area contributed by atoms with Crippen LogP contribution in [-0.4, -0.2) is 17.5 Å². The van der Waals surface area contributed by atoms with Crippen molar-refractivity contribution in [3.05, 3.63) is 47.7 Å². The number of pyridine rings is 1. The number of benzene rings is 1. The van der Waals surface area contributed by atoms with Gasteiger partial charge in [-0.2, -0.15) is 0 Å². The van der Waals surface area contributed by atoms with E-state index in [1.165, 1.54) is 6.20 Å². The van der Waals surface area contributed by atoms with Gasteiger partial charge in [-0.25, -0.2) is 4.98 Å². The number of hydrogen-bond donors (Lipinski definition) is 2. The molecule has 0 saturated heterocycles. The first-order valence-electron chi connectivity index (χ1n) is 6.76. The van der Waals surface area contributed by atoms with Crippen molar-refractivity contribution in [3.8, 4) is 5.75 Å². The molecular formula is C16H20ClN3O2. The van der Waals surface area contributed by atoms with Gasteiger partial charge in [0.25, 0.3) is 0 Å². The molecule has 0 aliphatic rings. The zero-order valence-corrected chi connectivity index (χ0v) is 13.4. The summed E-state index contributed by atoms with van der Waals surface area (Å²) in [7, 11) is 0. The topological polar surface area (TPSA) is 77.2 Å². The number of nitrogens with two attached hydrogens (primary N) is 1. The molecule has 0 spiro atoms. The zero-order chi connectivity index (χ0) is 15.2. The molecule has 1 aromatic heterocycles. The minimum atomic E-state index is -0.119. The lowest BCUT2D eigenvalue weighted by Crippen LogP contribution is -2.15. The molecule has 0 aliphatic carbocycles. The van der Waals surface area contributed by atoms with Gasteiger partial charge in [-0.1, -0.05) is 12.1 Å². The molecule has 0 saturated carbocycles. The number of ether oxygens (including phenoxy) is 1. The predicted octanol–water partition coefficient (Wildman–Crippen LogP) is 3.11. The van der Waals surface area contributed by atoms with E-state index in [9.17, 15) is 4.79 Å². The molecule has 0 fully saturated rings. The second kappa shape index (κ2) is 8.24. The molecule has 0 unspecified atom stereocenters. The van der Waals surface area contributed by atoms with Crippen LogP contribution >= 0.6 is 12.4 Å². The van der Waals surface area contributed by atoms with Crippen LogP contribution in [0.25, 0.3) is 0 Å². The molecule has 0 radical (unpaired) electrons. The highest BCUT2D eigenvalue weighted by atomic mass is 35.5. The van der Waals surface area contributed by atoms with Crippen LogP contribution < -0.4 is 15.8 Å². The lowest BCUT2D eigenvalue weighted by atomic mass is 10.1. The highest BCUT2D eigenvalue weighted by molar-refractivity contribution is 5.90. The van der Waals surface area contributed by atoms with Gasteiger partial charge in [0.1, 0.15) is 11.6 Å². The zero-order valence-electron chi connectivity index (χ0n) is 12.6. The van der Waals surface area contributed by atoms with E-state index < -0.39 is 0 Å². The van der Waals surface area contributed by atoms with E-state index in [1.54, 1.807) is 12.1 Å².